The van der Waals surface area contributed by atoms with Gasteiger partial charge in [0.2, 0.25) is 0 Å². The van der Waals surface area contributed by atoms with Crippen LogP contribution in [0.1, 0.15) is 18.9 Å². The van der Waals surface area contributed by atoms with Crippen LogP contribution in [-0.2, 0) is 20.7 Å². The van der Waals surface area contributed by atoms with Gasteiger partial charge in [-0.2, -0.15) is 0 Å². The lowest BCUT2D eigenvalue weighted by Gasteiger charge is -2.09. The number of carbonyl (C=O) groups is 1. The summed E-state index contributed by atoms with van der Waals surface area (Å²) in [5.41, 5.74) is 0.852. The van der Waals surface area contributed by atoms with E-state index in [0.717, 1.165) is 12.8 Å². The summed E-state index contributed by atoms with van der Waals surface area (Å²) < 4.78 is 10.2. The van der Waals surface area contributed by atoms with Gasteiger partial charge in [-0.05, 0) is 12.0 Å². The summed E-state index contributed by atoms with van der Waals surface area (Å²) in [4.78, 5) is 11.4. The summed E-state index contributed by atoms with van der Waals surface area (Å²) in [6.45, 7) is 2.03. The molecule has 3 nitrogen and oxygen atoms in total. The Morgan fingerprint density at radius 1 is 1.44 bits per heavy atom. The Morgan fingerprint density at radius 2 is 2.12 bits per heavy atom. The van der Waals surface area contributed by atoms with E-state index in [1.54, 1.807) is 0 Å². The van der Waals surface area contributed by atoms with E-state index in [4.69, 9.17) is 9.47 Å². The van der Waals surface area contributed by atoms with Gasteiger partial charge in [-0.3, -0.25) is 0 Å². The Morgan fingerprint density at radius 3 is 2.69 bits per heavy atom. The van der Waals surface area contributed by atoms with Gasteiger partial charge in [0.25, 0.3) is 0 Å². The molecule has 2 atom stereocenters. The molecule has 1 aromatic rings. The van der Waals surface area contributed by atoms with E-state index in [2.05, 4.69) is 0 Å². The second-order valence-corrected chi connectivity index (χ2v) is 4.10. The molecule has 1 fully saturated rings. The van der Waals surface area contributed by atoms with Crippen LogP contribution >= 0.6 is 0 Å². The van der Waals surface area contributed by atoms with Gasteiger partial charge in [0.1, 0.15) is 5.60 Å². The molecule has 0 spiro atoms. The van der Waals surface area contributed by atoms with Crippen molar-refractivity contribution in [1.82, 2.24) is 0 Å². The molecule has 0 aliphatic carbocycles. The number of epoxide rings is 1. The van der Waals surface area contributed by atoms with Gasteiger partial charge in [0.15, 0.2) is 6.10 Å². The second kappa shape index (κ2) is 4.26. The third kappa shape index (κ3) is 1.95. The van der Waals surface area contributed by atoms with Gasteiger partial charge in [0, 0.05) is 6.42 Å². The average Bonchev–Trinajstić information content (AvgIpc) is 3.04. The van der Waals surface area contributed by atoms with Crippen molar-refractivity contribution in [3.8, 4) is 0 Å². The number of hydrogen-bond acceptors (Lipinski definition) is 3. The molecule has 1 aliphatic rings. The van der Waals surface area contributed by atoms with Crippen molar-refractivity contribution >= 4 is 5.97 Å². The molecule has 0 saturated carbocycles. The van der Waals surface area contributed by atoms with Gasteiger partial charge in [-0.1, -0.05) is 37.3 Å². The van der Waals surface area contributed by atoms with Gasteiger partial charge >= 0.3 is 5.97 Å². The van der Waals surface area contributed by atoms with E-state index in [1.165, 1.54) is 12.7 Å². The Kier molecular flexibility index (Phi) is 2.97. The number of carbonyl (C=O) groups excluding carboxylic acids is 1. The highest BCUT2D eigenvalue weighted by Crippen LogP contribution is 2.43. The van der Waals surface area contributed by atoms with Gasteiger partial charge in [-0.25, -0.2) is 4.79 Å². The first-order chi connectivity index (χ1) is 7.72. The quantitative estimate of drug-likeness (QED) is 0.575. The topological polar surface area (TPSA) is 38.8 Å². The molecule has 2 unspecified atom stereocenters. The molecule has 2 rings (SSSR count). The lowest BCUT2D eigenvalue weighted by Crippen LogP contribution is -2.23. The summed E-state index contributed by atoms with van der Waals surface area (Å²) in [6, 6.07) is 10.1. The highest BCUT2D eigenvalue weighted by atomic mass is 16.7. The molecular weight excluding hydrogens is 204 g/mol. The largest absolute Gasteiger partial charge is 0.467 e. The van der Waals surface area contributed by atoms with Crippen molar-refractivity contribution in [2.24, 2.45) is 0 Å². The maximum Gasteiger partial charge on any atom is 0.338 e. The minimum atomic E-state index is -0.386. The zero-order chi connectivity index (χ0) is 11.6. The minimum absolute atomic E-state index is 0.266. The highest BCUT2D eigenvalue weighted by molar-refractivity contribution is 5.79. The first-order valence-electron chi connectivity index (χ1n) is 5.51. The molecule has 0 radical (unpaired) electrons. The fourth-order valence-corrected chi connectivity index (χ4v) is 2.04. The second-order valence-electron chi connectivity index (χ2n) is 4.10. The van der Waals surface area contributed by atoms with Gasteiger partial charge in [0.05, 0.1) is 7.11 Å². The van der Waals surface area contributed by atoms with Crippen molar-refractivity contribution in [2.45, 2.75) is 31.5 Å². The monoisotopic (exact) mass is 220 g/mol. The van der Waals surface area contributed by atoms with E-state index >= 15 is 0 Å². The lowest BCUT2D eigenvalue weighted by molar-refractivity contribution is -0.142. The standard InChI is InChI=1S/C13H16O3/c1-3-13(11(16-13)12(14)15-2)9-10-7-5-4-6-8-10/h4-8,11H,3,9H2,1-2H3. The van der Waals surface area contributed by atoms with Crippen LogP contribution in [0.25, 0.3) is 0 Å². The molecule has 16 heavy (non-hydrogen) atoms. The molecule has 1 aliphatic heterocycles. The van der Waals surface area contributed by atoms with E-state index in [1.807, 2.05) is 37.3 Å². The predicted molar refractivity (Wildman–Crippen MR) is 60.1 cm³/mol. The molecule has 1 saturated heterocycles. The van der Waals surface area contributed by atoms with Gasteiger partial charge in [-0.15, -0.1) is 0 Å². The maximum atomic E-state index is 11.4. The first kappa shape index (κ1) is 11.1. The Balaban J connectivity index is 2.06. The SMILES string of the molecule is CCC1(Cc2ccccc2)OC1C(=O)OC. The number of ether oxygens (including phenoxy) is 2. The average molecular weight is 220 g/mol. The van der Waals surface area contributed by atoms with Crippen LogP contribution in [0, 0.1) is 0 Å². The molecule has 0 bridgehead atoms. The van der Waals surface area contributed by atoms with Crippen LogP contribution in [-0.4, -0.2) is 24.8 Å². The van der Waals surface area contributed by atoms with Crippen LogP contribution in [0.4, 0.5) is 0 Å². The lowest BCUT2D eigenvalue weighted by atomic mass is 9.93. The van der Waals surface area contributed by atoms with Crippen LogP contribution < -0.4 is 0 Å². The van der Waals surface area contributed by atoms with Crippen molar-refractivity contribution in [2.75, 3.05) is 7.11 Å². The first-order valence-corrected chi connectivity index (χ1v) is 5.51. The fourth-order valence-electron chi connectivity index (χ4n) is 2.04. The molecule has 1 heterocycles. The fraction of sp³-hybridized carbons (Fsp3) is 0.462. The van der Waals surface area contributed by atoms with Gasteiger partial charge < -0.3 is 9.47 Å². The zero-order valence-corrected chi connectivity index (χ0v) is 9.60. The number of methoxy groups -OCH3 is 1. The van der Waals surface area contributed by atoms with E-state index < -0.39 is 0 Å². The van der Waals surface area contributed by atoms with Crippen molar-refractivity contribution in [3.05, 3.63) is 35.9 Å². The van der Waals surface area contributed by atoms with Crippen LogP contribution in [0.2, 0.25) is 0 Å². The van der Waals surface area contributed by atoms with E-state index in [0.29, 0.717) is 0 Å². The van der Waals surface area contributed by atoms with Crippen LogP contribution in [0.3, 0.4) is 0 Å². The van der Waals surface area contributed by atoms with Crippen molar-refractivity contribution < 1.29 is 14.3 Å². The number of hydrogen-bond donors (Lipinski definition) is 0. The Labute approximate surface area is 95.4 Å². The molecule has 0 aromatic heterocycles. The molecule has 0 amide bonds. The van der Waals surface area contributed by atoms with Crippen LogP contribution in [0.5, 0.6) is 0 Å². The summed E-state index contributed by atoms with van der Waals surface area (Å²) in [7, 11) is 1.40. The summed E-state index contributed by atoms with van der Waals surface area (Å²) in [5, 5.41) is 0. The summed E-state index contributed by atoms with van der Waals surface area (Å²) >= 11 is 0. The maximum absolute atomic E-state index is 11.4. The number of rotatable bonds is 4. The predicted octanol–water partition coefficient (Wildman–Crippen LogP) is 1.95. The smallest absolute Gasteiger partial charge is 0.338 e. The molecule has 3 heteroatoms. The van der Waals surface area contributed by atoms with E-state index in [9.17, 15) is 4.79 Å². The molecule has 0 N–H and O–H groups in total. The number of benzene rings is 1. The normalized spacial score (nSPS) is 27.5. The summed E-state index contributed by atoms with van der Waals surface area (Å²) in [6.07, 6.45) is 1.20. The van der Waals surface area contributed by atoms with Crippen LogP contribution in [0.15, 0.2) is 30.3 Å². The zero-order valence-electron chi connectivity index (χ0n) is 9.60. The van der Waals surface area contributed by atoms with E-state index in [-0.39, 0.29) is 17.7 Å². The van der Waals surface area contributed by atoms with Crippen molar-refractivity contribution in [3.63, 3.8) is 0 Å². The van der Waals surface area contributed by atoms with Crippen molar-refractivity contribution in [1.29, 1.82) is 0 Å². The third-order valence-electron chi connectivity index (χ3n) is 3.13. The number of esters is 1. The summed E-state index contributed by atoms with van der Waals surface area (Å²) in [5.74, 6) is -0.266. The highest BCUT2D eigenvalue weighted by Gasteiger charge is 2.59. The molecule has 1 aromatic carbocycles. The molecular formula is C13H16O3. The Bertz CT molecular complexity index is 374. The Hall–Kier alpha value is -1.35. The molecule has 86 valence electrons. The minimum Gasteiger partial charge on any atom is -0.467 e. The third-order valence-corrected chi connectivity index (χ3v) is 3.13.